The predicted molar refractivity (Wildman–Crippen MR) is 169 cm³/mol. The summed E-state index contributed by atoms with van der Waals surface area (Å²) in [5.74, 6) is 0. The molecule has 212 valence electrons. The van der Waals surface area contributed by atoms with Gasteiger partial charge in [0.1, 0.15) is 0 Å². The minimum atomic E-state index is -0.683. The lowest BCUT2D eigenvalue weighted by Gasteiger charge is -2.28. The Balaban J connectivity index is 4.10. The lowest BCUT2D eigenvalue weighted by Crippen LogP contribution is -2.13. The molecule has 0 rings (SSSR count). The molecule has 0 radical (unpaired) electrons. The molecule has 0 aliphatic heterocycles. The quantitative estimate of drug-likeness (QED) is 0.0664. The Bertz CT molecular complexity index is 341. The molecule has 0 saturated heterocycles. The maximum Gasteiger partial charge on any atom is 0.0594 e. The van der Waals surface area contributed by atoms with Gasteiger partial charge in [-0.05, 0) is 38.5 Å². The first kappa shape index (κ1) is 35.4. The molecule has 1 heteroatoms. The van der Waals surface area contributed by atoms with Crippen LogP contribution in [0.2, 0.25) is 0 Å². The molecular weight excluding hydrogens is 439 g/mol. The van der Waals surface area contributed by atoms with E-state index in [1.165, 1.54) is 154 Å². The van der Waals surface area contributed by atoms with E-state index in [4.69, 9.17) is 0 Å². The minimum absolute atomic E-state index is 0.683. The first-order valence-electron chi connectivity index (χ1n) is 17.1. The molecule has 0 unspecified atom stereocenters. The summed E-state index contributed by atoms with van der Waals surface area (Å²) in [5, 5.41) is 0. The zero-order chi connectivity index (χ0) is 25.7. The normalized spacial score (nSPS) is 12.0. The van der Waals surface area contributed by atoms with Gasteiger partial charge in [-0.1, -0.05) is 156 Å². The fraction of sp³-hybridized carbons (Fsp3) is 1.00. The van der Waals surface area contributed by atoms with Crippen molar-refractivity contribution >= 4 is 7.26 Å². The summed E-state index contributed by atoms with van der Waals surface area (Å²) in [6.45, 7) is 9.47. The van der Waals surface area contributed by atoms with Crippen molar-refractivity contribution in [3.05, 3.63) is 0 Å². The maximum absolute atomic E-state index is 2.42. The van der Waals surface area contributed by atoms with Crippen molar-refractivity contribution in [2.45, 2.75) is 195 Å². The summed E-state index contributed by atoms with van der Waals surface area (Å²) in [6, 6.07) is 0. The molecule has 0 aromatic heterocycles. The van der Waals surface area contributed by atoms with Crippen LogP contribution in [0, 0.1) is 0 Å². The second-order valence-electron chi connectivity index (χ2n) is 12.0. The third-order valence-corrected chi connectivity index (χ3v) is 13.5. The summed E-state index contributed by atoms with van der Waals surface area (Å²) in [5.41, 5.74) is 0. The van der Waals surface area contributed by atoms with E-state index in [2.05, 4.69) is 27.7 Å². The fourth-order valence-electron chi connectivity index (χ4n) is 5.88. The Morgan fingerprint density at radius 2 is 0.429 bits per heavy atom. The molecule has 0 aromatic carbocycles. The number of hydrogen-bond acceptors (Lipinski definition) is 0. The summed E-state index contributed by atoms with van der Waals surface area (Å²) in [6.07, 6.45) is 45.0. The van der Waals surface area contributed by atoms with E-state index < -0.39 is 7.26 Å². The molecule has 0 atom stereocenters. The number of rotatable bonds is 30. The van der Waals surface area contributed by atoms with Crippen molar-refractivity contribution < 1.29 is 0 Å². The molecule has 0 nitrogen and oxygen atoms in total. The van der Waals surface area contributed by atoms with Crippen molar-refractivity contribution in [3.63, 3.8) is 0 Å². The van der Waals surface area contributed by atoms with Crippen molar-refractivity contribution in [2.24, 2.45) is 0 Å². The van der Waals surface area contributed by atoms with Crippen molar-refractivity contribution in [2.75, 3.05) is 24.6 Å². The van der Waals surface area contributed by atoms with Gasteiger partial charge in [-0.2, -0.15) is 0 Å². The largest absolute Gasteiger partial charge is 0.0654 e. The Morgan fingerprint density at radius 1 is 0.229 bits per heavy atom. The van der Waals surface area contributed by atoms with E-state index >= 15 is 0 Å². The van der Waals surface area contributed by atoms with Crippen molar-refractivity contribution in [3.8, 4) is 0 Å². The van der Waals surface area contributed by atoms with Crippen LogP contribution in [-0.4, -0.2) is 24.6 Å². The Hall–Kier alpha value is 0.430. The van der Waals surface area contributed by atoms with E-state index in [1.807, 2.05) is 0 Å². The first-order chi connectivity index (χ1) is 17.2. The highest BCUT2D eigenvalue weighted by Gasteiger charge is 2.34. The van der Waals surface area contributed by atoms with Gasteiger partial charge in [0.2, 0.25) is 0 Å². The van der Waals surface area contributed by atoms with E-state index in [9.17, 15) is 0 Å². The van der Waals surface area contributed by atoms with E-state index in [-0.39, 0.29) is 0 Å². The van der Waals surface area contributed by atoms with Gasteiger partial charge >= 0.3 is 0 Å². The van der Waals surface area contributed by atoms with Gasteiger partial charge in [0.15, 0.2) is 0 Å². The third kappa shape index (κ3) is 24.5. The topological polar surface area (TPSA) is 0 Å². The van der Waals surface area contributed by atoms with Gasteiger partial charge in [0.25, 0.3) is 0 Å². The van der Waals surface area contributed by atoms with Gasteiger partial charge in [0.05, 0.1) is 24.6 Å². The van der Waals surface area contributed by atoms with Gasteiger partial charge in [-0.3, -0.25) is 0 Å². The molecule has 0 saturated carbocycles. The van der Waals surface area contributed by atoms with Crippen LogP contribution < -0.4 is 0 Å². The zero-order valence-corrected chi connectivity index (χ0v) is 26.6. The van der Waals surface area contributed by atoms with E-state index in [1.54, 1.807) is 37.5 Å². The summed E-state index contributed by atoms with van der Waals surface area (Å²) >= 11 is 0. The Kier molecular flexibility index (Phi) is 29.3. The summed E-state index contributed by atoms with van der Waals surface area (Å²) < 4.78 is 0. The van der Waals surface area contributed by atoms with Crippen LogP contribution in [0.25, 0.3) is 0 Å². The standard InChI is InChI=1S/C34H72P/c1-5-9-13-15-17-19-21-23-25-27-29-33-35(31-11-7-3,32-12-8-4)34-30-28-26-24-22-20-18-16-14-10-6-2/h5-34H2,1-4H3/q+1. The highest BCUT2D eigenvalue weighted by atomic mass is 31.2. The molecule has 35 heavy (non-hydrogen) atoms. The average molecular weight is 512 g/mol. The second-order valence-corrected chi connectivity index (χ2v) is 16.5. The third-order valence-electron chi connectivity index (χ3n) is 8.44. The fourth-order valence-corrected chi connectivity index (χ4v) is 11.0. The van der Waals surface area contributed by atoms with Gasteiger partial charge < -0.3 is 0 Å². The predicted octanol–water partition coefficient (Wildman–Crippen LogP) is 13.2. The molecule has 0 bridgehead atoms. The first-order valence-corrected chi connectivity index (χ1v) is 19.6. The lowest BCUT2D eigenvalue weighted by atomic mass is 10.1. The molecule has 0 N–H and O–H groups in total. The van der Waals surface area contributed by atoms with Crippen LogP contribution in [0.5, 0.6) is 0 Å². The Morgan fingerprint density at radius 3 is 0.686 bits per heavy atom. The van der Waals surface area contributed by atoms with E-state index in [0.29, 0.717) is 0 Å². The molecular formula is C34H72P+. The van der Waals surface area contributed by atoms with Crippen LogP contribution in [-0.2, 0) is 0 Å². The lowest BCUT2D eigenvalue weighted by molar-refractivity contribution is 0.553. The molecule has 0 spiro atoms. The zero-order valence-electron chi connectivity index (χ0n) is 25.7. The highest BCUT2D eigenvalue weighted by molar-refractivity contribution is 7.75. The van der Waals surface area contributed by atoms with E-state index in [0.717, 1.165) is 0 Å². The van der Waals surface area contributed by atoms with Crippen LogP contribution in [0.4, 0.5) is 0 Å². The molecule has 0 heterocycles. The maximum atomic E-state index is 2.42. The van der Waals surface area contributed by atoms with Gasteiger partial charge in [0, 0.05) is 7.26 Å². The van der Waals surface area contributed by atoms with Crippen LogP contribution >= 0.6 is 7.26 Å². The molecule has 0 amide bonds. The van der Waals surface area contributed by atoms with Gasteiger partial charge in [-0.25, -0.2) is 0 Å². The number of hydrogen-bond donors (Lipinski definition) is 0. The number of unbranched alkanes of at least 4 members (excludes halogenated alkanes) is 22. The average Bonchev–Trinajstić information content (AvgIpc) is 2.87. The highest BCUT2D eigenvalue weighted by Crippen LogP contribution is 2.61. The smallest absolute Gasteiger partial charge is 0.0594 e. The molecule has 0 aliphatic rings. The monoisotopic (exact) mass is 512 g/mol. The van der Waals surface area contributed by atoms with Crippen LogP contribution in [0.15, 0.2) is 0 Å². The van der Waals surface area contributed by atoms with Crippen molar-refractivity contribution in [1.82, 2.24) is 0 Å². The molecule has 0 aliphatic carbocycles. The van der Waals surface area contributed by atoms with Gasteiger partial charge in [-0.15, -0.1) is 0 Å². The second kappa shape index (κ2) is 29.0. The summed E-state index contributed by atoms with van der Waals surface area (Å²) in [4.78, 5) is 0. The molecule has 0 aromatic rings. The van der Waals surface area contributed by atoms with Crippen molar-refractivity contribution in [1.29, 1.82) is 0 Å². The summed E-state index contributed by atoms with van der Waals surface area (Å²) in [7, 11) is -0.683. The Labute approximate surface area is 226 Å². The molecule has 0 fully saturated rings. The SMILES string of the molecule is CCCCCCCCCCCCC[P+](CCCC)(CCCC)CCCCCCCCCCCCC. The minimum Gasteiger partial charge on any atom is -0.0654 e. The van der Waals surface area contributed by atoms with Crippen LogP contribution in [0.3, 0.4) is 0 Å². The van der Waals surface area contributed by atoms with Crippen LogP contribution in [0.1, 0.15) is 195 Å².